The average molecular weight is 176 g/mol. The summed E-state index contributed by atoms with van der Waals surface area (Å²) < 4.78 is 0. The summed E-state index contributed by atoms with van der Waals surface area (Å²) in [6, 6.07) is 10.4. The van der Waals surface area contributed by atoms with Crippen molar-refractivity contribution in [3.8, 4) is 0 Å². The Morgan fingerprint density at radius 1 is 1.46 bits per heavy atom. The summed E-state index contributed by atoms with van der Waals surface area (Å²) in [5.41, 5.74) is 7.35. The van der Waals surface area contributed by atoms with E-state index in [0.29, 0.717) is 6.04 Å². The zero-order valence-electron chi connectivity index (χ0n) is 7.96. The molecule has 0 aliphatic heterocycles. The van der Waals surface area contributed by atoms with Crippen molar-refractivity contribution in [2.24, 2.45) is 5.73 Å². The summed E-state index contributed by atoms with van der Waals surface area (Å²) in [6.07, 6.45) is 0.800. The van der Waals surface area contributed by atoms with Crippen molar-refractivity contribution in [2.45, 2.75) is 19.4 Å². The van der Waals surface area contributed by atoms with Crippen LogP contribution >= 0.6 is 0 Å². The van der Waals surface area contributed by atoms with E-state index < -0.39 is 0 Å². The van der Waals surface area contributed by atoms with Crippen molar-refractivity contribution in [3.05, 3.63) is 42.6 Å². The lowest BCUT2D eigenvalue weighted by Crippen LogP contribution is -2.17. The van der Waals surface area contributed by atoms with E-state index in [2.05, 4.69) is 18.8 Å². The molecule has 2 nitrogen and oxygen atoms in total. The minimum absolute atomic E-state index is 0.333. The van der Waals surface area contributed by atoms with E-state index in [-0.39, 0.29) is 0 Å². The van der Waals surface area contributed by atoms with Gasteiger partial charge in [0.2, 0.25) is 0 Å². The maximum Gasteiger partial charge on any atom is 0.0342 e. The minimum atomic E-state index is 0.333. The van der Waals surface area contributed by atoms with Crippen LogP contribution in [0.3, 0.4) is 0 Å². The number of anilines is 1. The SMILES string of the molecule is C=C(N)CC(C)Nc1ccccc1. The highest BCUT2D eigenvalue weighted by atomic mass is 14.9. The monoisotopic (exact) mass is 176 g/mol. The first kappa shape index (κ1) is 9.65. The molecular weight excluding hydrogens is 160 g/mol. The van der Waals surface area contributed by atoms with Crippen LogP contribution in [-0.2, 0) is 0 Å². The first-order valence-electron chi connectivity index (χ1n) is 4.43. The molecule has 3 N–H and O–H groups in total. The van der Waals surface area contributed by atoms with Gasteiger partial charge in [-0.05, 0) is 19.1 Å². The number of para-hydroxylation sites is 1. The van der Waals surface area contributed by atoms with Crippen molar-refractivity contribution in [2.75, 3.05) is 5.32 Å². The number of nitrogens with two attached hydrogens (primary N) is 1. The molecule has 1 atom stereocenters. The highest BCUT2D eigenvalue weighted by molar-refractivity contribution is 5.43. The third kappa shape index (κ3) is 3.65. The fraction of sp³-hybridized carbons (Fsp3) is 0.273. The topological polar surface area (TPSA) is 38.0 Å². The van der Waals surface area contributed by atoms with E-state index in [4.69, 9.17) is 5.73 Å². The fourth-order valence-corrected chi connectivity index (χ4v) is 1.26. The molecule has 0 saturated heterocycles. The first-order valence-corrected chi connectivity index (χ1v) is 4.43. The second-order valence-electron chi connectivity index (χ2n) is 3.27. The van der Waals surface area contributed by atoms with Crippen molar-refractivity contribution < 1.29 is 0 Å². The summed E-state index contributed by atoms with van der Waals surface area (Å²) in [6.45, 7) is 5.76. The Morgan fingerprint density at radius 3 is 2.62 bits per heavy atom. The van der Waals surface area contributed by atoms with Crippen LogP contribution in [-0.4, -0.2) is 6.04 Å². The van der Waals surface area contributed by atoms with Crippen molar-refractivity contribution >= 4 is 5.69 Å². The maximum atomic E-state index is 5.51. The van der Waals surface area contributed by atoms with Gasteiger partial charge < -0.3 is 11.1 Å². The van der Waals surface area contributed by atoms with Gasteiger partial charge in [0, 0.05) is 23.8 Å². The smallest absolute Gasteiger partial charge is 0.0342 e. The van der Waals surface area contributed by atoms with Crippen LogP contribution < -0.4 is 11.1 Å². The van der Waals surface area contributed by atoms with Crippen molar-refractivity contribution in [3.63, 3.8) is 0 Å². The summed E-state index contributed by atoms with van der Waals surface area (Å²) in [5.74, 6) is 0. The van der Waals surface area contributed by atoms with E-state index >= 15 is 0 Å². The second kappa shape index (κ2) is 4.55. The lowest BCUT2D eigenvalue weighted by atomic mass is 10.2. The predicted molar refractivity (Wildman–Crippen MR) is 57.5 cm³/mol. The molecule has 0 amide bonds. The molecule has 13 heavy (non-hydrogen) atoms. The third-order valence-electron chi connectivity index (χ3n) is 1.76. The molecule has 70 valence electrons. The Balaban J connectivity index is 2.45. The van der Waals surface area contributed by atoms with Crippen LogP contribution in [0.5, 0.6) is 0 Å². The van der Waals surface area contributed by atoms with E-state index in [1.807, 2.05) is 30.3 Å². The lowest BCUT2D eigenvalue weighted by Gasteiger charge is -2.14. The largest absolute Gasteiger partial charge is 0.402 e. The van der Waals surface area contributed by atoms with Gasteiger partial charge in [-0.2, -0.15) is 0 Å². The number of nitrogens with one attached hydrogen (secondary N) is 1. The lowest BCUT2D eigenvalue weighted by molar-refractivity contribution is 0.777. The molecule has 0 saturated carbocycles. The maximum absolute atomic E-state index is 5.51. The summed E-state index contributed by atoms with van der Waals surface area (Å²) in [4.78, 5) is 0. The molecular formula is C11H16N2. The average Bonchev–Trinajstić information content (AvgIpc) is 2.04. The van der Waals surface area contributed by atoms with Crippen LogP contribution in [0.2, 0.25) is 0 Å². The molecule has 0 spiro atoms. The Morgan fingerprint density at radius 2 is 2.08 bits per heavy atom. The first-order chi connectivity index (χ1) is 6.18. The second-order valence-corrected chi connectivity index (χ2v) is 3.27. The van der Waals surface area contributed by atoms with Crippen LogP contribution in [0.4, 0.5) is 5.69 Å². The molecule has 0 bridgehead atoms. The molecule has 0 aromatic heterocycles. The van der Waals surface area contributed by atoms with Crippen LogP contribution in [0, 0.1) is 0 Å². The van der Waals surface area contributed by atoms with Gasteiger partial charge in [-0.1, -0.05) is 24.8 Å². The molecule has 1 unspecified atom stereocenters. The molecule has 1 aromatic rings. The number of benzene rings is 1. The summed E-state index contributed by atoms with van der Waals surface area (Å²) >= 11 is 0. The highest BCUT2D eigenvalue weighted by Crippen LogP contribution is 2.09. The van der Waals surface area contributed by atoms with Gasteiger partial charge in [-0.15, -0.1) is 0 Å². The van der Waals surface area contributed by atoms with Gasteiger partial charge in [0.1, 0.15) is 0 Å². The molecule has 0 aliphatic carbocycles. The Bertz CT molecular complexity index is 267. The standard InChI is InChI=1S/C11H16N2/c1-9(12)8-10(2)13-11-6-4-3-5-7-11/h3-7,10,13H,1,8,12H2,2H3. The Hall–Kier alpha value is -1.44. The van der Waals surface area contributed by atoms with Crippen molar-refractivity contribution in [1.82, 2.24) is 0 Å². The van der Waals surface area contributed by atoms with Gasteiger partial charge >= 0.3 is 0 Å². The fourth-order valence-electron chi connectivity index (χ4n) is 1.26. The normalized spacial score (nSPS) is 12.1. The van der Waals surface area contributed by atoms with Crippen LogP contribution in [0.25, 0.3) is 0 Å². The van der Waals surface area contributed by atoms with E-state index in [1.165, 1.54) is 0 Å². The van der Waals surface area contributed by atoms with Gasteiger partial charge in [-0.3, -0.25) is 0 Å². The predicted octanol–water partition coefficient (Wildman–Crippen LogP) is 2.35. The van der Waals surface area contributed by atoms with Crippen molar-refractivity contribution in [1.29, 1.82) is 0 Å². The Labute approximate surface area is 79.5 Å². The van der Waals surface area contributed by atoms with Crippen LogP contribution in [0.1, 0.15) is 13.3 Å². The molecule has 0 heterocycles. The minimum Gasteiger partial charge on any atom is -0.402 e. The quantitative estimate of drug-likeness (QED) is 0.739. The highest BCUT2D eigenvalue weighted by Gasteiger charge is 2.00. The van der Waals surface area contributed by atoms with Gasteiger partial charge in [-0.25, -0.2) is 0 Å². The third-order valence-corrected chi connectivity index (χ3v) is 1.76. The molecule has 0 fully saturated rings. The van der Waals surface area contributed by atoms with E-state index in [0.717, 1.165) is 17.8 Å². The van der Waals surface area contributed by atoms with Gasteiger partial charge in [0.05, 0.1) is 0 Å². The van der Waals surface area contributed by atoms with Crippen LogP contribution in [0.15, 0.2) is 42.6 Å². The number of hydrogen-bond acceptors (Lipinski definition) is 2. The van der Waals surface area contributed by atoms with E-state index in [9.17, 15) is 0 Å². The zero-order chi connectivity index (χ0) is 9.68. The molecule has 0 aliphatic rings. The van der Waals surface area contributed by atoms with Gasteiger partial charge in [0.25, 0.3) is 0 Å². The molecule has 0 radical (unpaired) electrons. The molecule has 1 rings (SSSR count). The zero-order valence-corrected chi connectivity index (χ0v) is 7.96. The molecule has 1 aromatic carbocycles. The summed E-state index contributed by atoms with van der Waals surface area (Å²) in [5, 5.41) is 3.33. The summed E-state index contributed by atoms with van der Waals surface area (Å²) in [7, 11) is 0. The Kier molecular flexibility index (Phi) is 3.38. The molecule has 2 heteroatoms. The van der Waals surface area contributed by atoms with E-state index in [1.54, 1.807) is 0 Å². The number of hydrogen-bond donors (Lipinski definition) is 2. The van der Waals surface area contributed by atoms with Gasteiger partial charge in [0.15, 0.2) is 0 Å². The number of rotatable bonds is 4.